The monoisotopic (exact) mass is 407 g/mol. The number of benzene rings is 2. The van der Waals surface area contributed by atoms with Crippen LogP contribution in [0.5, 0.6) is 11.8 Å². The van der Waals surface area contributed by atoms with E-state index < -0.39 is 22.5 Å². The van der Waals surface area contributed by atoms with E-state index in [9.17, 15) is 19.7 Å². The zero-order valence-corrected chi connectivity index (χ0v) is 16.1. The first-order valence-corrected chi connectivity index (χ1v) is 8.76. The largest absolute Gasteiger partial charge is 0.424 e. The molecule has 30 heavy (non-hydrogen) atoms. The third-order valence-electron chi connectivity index (χ3n) is 3.96. The molecule has 0 aliphatic carbocycles. The number of nitro benzene ring substituents is 1. The highest BCUT2D eigenvalue weighted by Gasteiger charge is 2.21. The summed E-state index contributed by atoms with van der Waals surface area (Å²) in [6.07, 6.45) is 3.26. The number of para-hydroxylation sites is 1. The van der Waals surface area contributed by atoms with Crippen molar-refractivity contribution in [2.24, 2.45) is 0 Å². The second-order valence-electron chi connectivity index (χ2n) is 6.31. The molecule has 1 heterocycles. The minimum Gasteiger partial charge on any atom is -0.424 e. The molecule has 3 aromatic rings. The van der Waals surface area contributed by atoms with Crippen molar-refractivity contribution in [3.8, 4) is 11.8 Å². The second kappa shape index (κ2) is 8.78. The van der Waals surface area contributed by atoms with Crippen molar-refractivity contribution in [3.63, 3.8) is 0 Å². The van der Waals surface area contributed by atoms with Crippen LogP contribution in [-0.4, -0.2) is 26.8 Å². The third-order valence-corrected chi connectivity index (χ3v) is 3.96. The van der Waals surface area contributed by atoms with Crippen LogP contribution in [-0.2, 0) is 0 Å². The number of aromatic nitrogens is 2. The molecule has 10 heteroatoms. The number of carbonyl (C=O) groups is 2. The van der Waals surface area contributed by atoms with Gasteiger partial charge in [-0.1, -0.05) is 12.1 Å². The van der Waals surface area contributed by atoms with Crippen molar-refractivity contribution < 1.29 is 19.2 Å². The van der Waals surface area contributed by atoms with Gasteiger partial charge in [0.1, 0.15) is 11.3 Å². The molecule has 0 aliphatic heterocycles. The van der Waals surface area contributed by atoms with Crippen molar-refractivity contribution >= 4 is 23.3 Å². The fraction of sp³-hybridized carbons (Fsp3) is 0.100. The van der Waals surface area contributed by atoms with Gasteiger partial charge in [-0.15, -0.1) is 0 Å². The summed E-state index contributed by atoms with van der Waals surface area (Å²) < 4.78 is 5.61. The van der Waals surface area contributed by atoms with E-state index in [1.807, 2.05) is 6.92 Å². The molecular weight excluding hydrogens is 390 g/mol. The second-order valence-corrected chi connectivity index (χ2v) is 6.31. The topological polar surface area (TPSA) is 136 Å². The Labute approximate surface area is 171 Å². The normalized spacial score (nSPS) is 10.2. The van der Waals surface area contributed by atoms with Gasteiger partial charge < -0.3 is 10.1 Å². The molecule has 0 saturated carbocycles. The molecule has 0 radical (unpaired) electrons. The summed E-state index contributed by atoms with van der Waals surface area (Å²) in [5, 5.41) is 15.6. The van der Waals surface area contributed by atoms with Crippen LogP contribution in [0.4, 0.5) is 16.2 Å². The van der Waals surface area contributed by atoms with E-state index in [1.165, 1.54) is 24.3 Å². The van der Waals surface area contributed by atoms with E-state index in [0.29, 0.717) is 17.0 Å². The third kappa shape index (κ3) is 4.93. The SMILES string of the molecule is Cc1cnc(Oc2ccc(NC(=O)NC(=O)c3ccccc3[N+](=O)[O-])cc2C)nc1. The molecule has 3 amide bonds. The maximum absolute atomic E-state index is 12.2. The fourth-order valence-electron chi connectivity index (χ4n) is 2.53. The van der Waals surface area contributed by atoms with Crippen LogP contribution in [0.3, 0.4) is 0 Å². The summed E-state index contributed by atoms with van der Waals surface area (Å²) in [5.74, 6) is -0.381. The predicted molar refractivity (Wildman–Crippen MR) is 108 cm³/mol. The highest BCUT2D eigenvalue weighted by atomic mass is 16.6. The Kier molecular flexibility index (Phi) is 5.97. The van der Waals surface area contributed by atoms with Crippen molar-refractivity contribution in [3.05, 3.63) is 81.7 Å². The summed E-state index contributed by atoms with van der Waals surface area (Å²) in [6, 6.07) is 9.56. The molecule has 0 aliphatic rings. The standard InChI is InChI=1S/C20H17N5O5/c1-12-10-21-20(22-11-12)30-17-8-7-14(9-13(17)2)23-19(27)24-18(26)15-5-3-4-6-16(15)25(28)29/h3-11H,1-2H3,(H2,23,24,26,27). The molecule has 0 saturated heterocycles. The van der Waals surface area contributed by atoms with Crippen LogP contribution in [0, 0.1) is 24.0 Å². The molecule has 0 bridgehead atoms. The number of rotatable bonds is 5. The maximum Gasteiger partial charge on any atom is 0.326 e. The maximum atomic E-state index is 12.2. The number of nitrogens with one attached hydrogen (secondary N) is 2. The van der Waals surface area contributed by atoms with E-state index in [0.717, 1.165) is 5.56 Å². The van der Waals surface area contributed by atoms with Gasteiger partial charge in [0.2, 0.25) is 0 Å². The molecule has 0 atom stereocenters. The quantitative estimate of drug-likeness (QED) is 0.485. The number of nitro groups is 1. The summed E-state index contributed by atoms with van der Waals surface area (Å²) in [6.45, 7) is 3.63. The summed E-state index contributed by atoms with van der Waals surface area (Å²) >= 11 is 0. The van der Waals surface area contributed by atoms with Crippen LogP contribution in [0.25, 0.3) is 0 Å². The number of aryl methyl sites for hydroxylation is 2. The summed E-state index contributed by atoms with van der Waals surface area (Å²) in [4.78, 5) is 42.8. The minimum atomic E-state index is -0.881. The highest BCUT2D eigenvalue weighted by molar-refractivity contribution is 6.09. The van der Waals surface area contributed by atoms with Crippen molar-refractivity contribution in [1.82, 2.24) is 15.3 Å². The molecule has 0 spiro atoms. The van der Waals surface area contributed by atoms with E-state index in [1.54, 1.807) is 37.5 Å². The van der Waals surface area contributed by atoms with Gasteiger partial charge in [0.15, 0.2) is 0 Å². The number of amides is 3. The van der Waals surface area contributed by atoms with Crippen molar-refractivity contribution in [2.45, 2.75) is 13.8 Å². The van der Waals surface area contributed by atoms with Gasteiger partial charge in [0, 0.05) is 24.1 Å². The number of ether oxygens (including phenoxy) is 1. The van der Waals surface area contributed by atoms with Crippen molar-refractivity contribution in [2.75, 3.05) is 5.32 Å². The lowest BCUT2D eigenvalue weighted by Gasteiger charge is -2.11. The summed E-state index contributed by atoms with van der Waals surface area (Å²) in [7, 11) is 0. The van der Waals surface area contributed by atoms with Gasteiger partial charge in [0.25, 0.3) is 11.6 Å². The molecule has 2 N–H and O–H groups in total. The first-order chi connectivity index (χ1) is 14.3. The molecule has 3 rings (SSSR count). The van der Waals surface area contributed by atoms with Gasteiger partial charge in [-0.25, -0.2) is 14.8 Å². The molecule has 1 aromatic heterocycles. The molecule has 2 aromatic carbocycles. The van der Waals surface area contributed by atoms with Crippen LogP contribution < -0.4 is 15.4 Å². The Balaban J connectivity index is 1.65. The molecule has 0 fully saturated rings. The molecule has 0 unspecified atom stereocenters. The zero-order valence-electron chi connectivity index (χ0n) is 16.1. The number of urea groups is 1. The number of hydrogen-bond donors (Lipinski definition) is 2. The predicted octanol–water partition coefficient (Wildman–Crippen LogP) is 3.76. The number of hydrogen-bond acceptors (Lipinski definition) is 7. The van der Waals surface area contributed by atoms with Crippen LogP contribution in [0.2, 0.25) is 0 Å². The smallest absolute Gasteiger partial charge is 0.326 e. The average Bonchev–Trinajstić information content (AvgIpc) is 2.71. The lowest BCUT2D eigenvalue weighted by molar-refractivity contribution is -0.385. The van der Waals surface area contributed by atoms with Gasteiger partial charge in [-0.3, -0.25) is 20.2 Å². The van der Waals surface area contributed by atoms with Gasteiger partial charge in [-0.05, 0) is 49.2 Å². The van der Waals surface area contributed by atoms with Crippen LogP contribution >= 0.6 is 0 Å². The molecule has 10 nitrogen and oxygen atoms in total. The average molecular weight is 407 g/mol. The van der Waals surface area contributed by atoms with Gasteiger partial charge >= 0.3 is 12.0 Å². The van der Waals surface area contributed by atoms with E-state index in [2.05, 4.69) is 20.6 Å². The van der Waals surface area contributed by atoms with E-state index in [4.69, 9.17) is 4.74 Å². The van der Waals surface area contributed by atoms with E-state index in [-0.39, 0.29) is 11.6 Å². The first kappa shape index (κ1) is 20.4. The number of imide groups is 1. The Morgan fingerprint density at radius 2 is 1.77 bits per heavy atom. The van der Waals surface area contributed by atoms with Crippen LogP contribution in [0.15, 0.2) is 54.9 Å². The lowest BCUT2D eigenvalue weighted by Crippen LogP contribution is -2.34. The Bertz CT molecular complexity index is 1110. The number of anilines is 1. The Hall–Kier alpha value is -4.34. The van der Waals surface area contributed by atoms with Gasteiger partial charge in [0.05, 0.1) is 4.92 Å². The summed E-state index contributed by atoms with van der Waals surface area (Å²) in [5.41, 5.74) is 1.40. The fourth-order valence-corrected chi connectivity index (χ4v) is 2.53. The zero-order chi connectivity index (χ0) is 21.7. The Morgan fingerprint density at radius 3 is 2.43 bits per heavy atom. The highest BCUT2D eigenvalue weighted by Crippen LogP contribution is 2.25. The number of nitrogens with zero attached hydrogens (tertiary/aromatic N) is 3. The lowest BCUT2D eigenvalue weighted by atomic mass is 10.1. The first-order valence-electron chi connectivity index (χ1n) is 8.76. The van der Waals surface area contributed by atoms with Crippen molar-refractivity contribution in [1.29, 1.82) is 0 Å². The Morgan fingerprint density at radius 1 is 1.07 bits per heavy atom. The molecular formula is C20H17N5O5. The molecule has 152 valence electrons. The number of carbonyl (C=O) groups excluding carboxylic acids is 2. The minimum absolute atomic E-state index is 0.192. The van der Waals surface area contributed by atoms with Crippen LogP contribution in [0.1, 0.15) is 21.5 Å². The van der Waals surface area contributed by atoms with E-state index >= 15 is 0 Å². The van der Waals surface area contributed by atoms with Gasteiger partial charge in [-0.2, -0.15) is 0 Å².